The van der Waals surface area contributed by atoms with Crippen LogP contribution in [0.15, 0.2) is 48.5 Å². The molecule has 31 heavy (non-hydrogen) atoms. The van der Waals surface area contributed by atoms with Crippen molar-refractivity contribution in [1.29, 1.82) is 0 Å². The van der Waals surface area contributed by atoms with Gasteiger partial charge in [0.1, 0.15) is 5.75 Å². The molecule has 2 aromatic carbocycles. The average Bonchev–Trinajstić information content (AvgIpc) is 2.73. The molecule has 0 atom stereocenters. The fourth-order valence-corrected chi connectivity index (χ4v) is 2.62. The minimum atomic E-state index is -1.16. The van der Waals surface area contributed by atoms with Gasteiger partial charge in [-0.3, -0.25) is 0 Å². The number of carboxylic acid groups (broad SMARTS) is 1. The van der Waals surface area contributed by atoms with Crippen LogP contribution in [0.4, 0.5) is 0 Å². The summed E-state index contributed by atoms with van der Waals surface area (Å²) >= 11 is 5.85. The van der Waals surface area contributed by atoms with E-state index in [4.69, 9.17) is 35.7 Å². The van der Waals surface area contributed by atoms with Crippen molar-refractivity contribution < 1.29 is 33.6 Å². The molecule has 0 unspecified atom stereocenters. The topological polar surface area (TPSA) is 91.3 Å². The quantitative estimate of drug-likeness (QED) is 0.304. The van der Waals surface area contributed by atoms with Gasteiger partial charge in [0.25, 0.3) is 0 Å². The number of halogens is 1. The molecule has 166 valence electrons. The molecule has 1 N–H and O–H groups in total. The SMILES string of the molecule is COc1cc(/C=C/C(=O)O)ccc1OCCCOC(=O)C(C)(C)Oc1ccc(Cl)cc1. The normalized spacial score (nSPS) is 11.2. The highest BCUT2D eigenvalue weighted by Gasteiger charge is 2.31. The van der Waals surface area contributed by atoms with Crippen LogP contribution in [-0.4, -0.2) is 43.0 Å². The summed E-state index contributed by atoms with van der Waals surface area (Å²) < 4.78 is 22.0. The van der Waals surface area contributed by atoms with E-state index in [2.05, 4.69) is 0 Å². The number of hydrogen-bond donors (Lipinski definition) is 1. The number of rotatable bonds is 11. The molecule has 0 aromatic heterocycles. The second-order valence-electron chi connectivity index (χ2n) is 6.99. The molecule has 0 radical (unpaired) electrons. The Morgan fingerprint density at radius 3 is 2.42 bits per heavy atom. The van der Waals surface area contributed by atoms with E-state index in [0.29, 0.717) is 40.9 Å². The lowest BCUT2D eigenvalue weighted by Crippen LogP contribution is -2.40. The van der Waals surface area contributed by atoms with Crippen molar-refractivity contribution in [1.82, 2.24) is 0 Å². The van der Waals surface area contributed by atoms with Gasteiger partial charge < -0.3 is 24.1 Å². The second kappa shape index (κ2) is 11.3. The molecule has 0 fully saturated rings. The number of ether oxygens (including phenoxy) is 4. The van der Waals surface area contributed by atoms with Gasteiger partial charge in [0.2, 0.25) is 0 Å². The van der Waals surface area contributed by atoms with Crippen LogP contribution in [0.5, 0.6) is 17.2 Å². The third-order valence-electron chi connectivity index (χ3n) is 4.06. The summed E-state index contributed by atoms with van der Waals surface area (Å²) in [5.74, 6) is -0.0247. The Bertz CT molecular complexity index is 920. The van der Waals surface area contributed by atoms with Crippen LogP contribution in [0.3, 0.4) is 0 Å². The molecule has 0 aliphatic rings. The Labute approximate surface area is 186 Å². The van der Waals surface area contributed by atoms with Crippen molar-refractivity contribution in [2.24, 2.45) is 0 Å². The molecule has 0 spiro atoms. The van der Waals surface area contributed by atoms with Crippen molar-refractivity contribution in [2.45, 2.75) is 25.9 Å². The molecule has 0 aliphatic carbocycles. The zero-order chi connectivity index (χ0) is 22.9. The predicted molar refractivity (Wildman–Crippen MR) is 117 cm³/mol. The highest BCUT2D eigenvalue weighted by molar-refractivity contribution is 6.30. The molecular weight excluding hydrogens is 424 g/mol. The van der Waals surface area contributed by atoms with Crippen LogP contribution in [0.1, 0.15) is 25.8 Å². The Kier molecular flexibility index (Phi) is 8.75. The number of hydrogen-bond acceptors (Lipinski definition) is 6. The number of carboxylic acids is 1. The molecule has 8 heteroatoms. The first-order valence-electron chi connectivity index (χ1n) is 9.55. The van der Waals surface area contributed by atoms with E-state index in [1.165, 1.54) is 13.2 Å². The minimum absolute atomic E-state index is 0.161. The third kappa shape index (κ3) is 7.86. The summed E-state index contributed by atoms with van der Waals surface area (Å²) in [7, 11) is 1.50. The summed E-state index contributed by atoms with van der Waals surface area (Å²) in [5, 5.41) is 9.28. The maximum absolute atomic E-state index is 12.3. The summed E-state index contributed by atoms with van der Waals surface area (Å²) in [4.78, 5) is 23.0. The van der Waals surface area contributed by atoms with Gasteiger partial charge in [0.15, 0.2) is 17.1 Å². The maximum Gasteiger partial charge on any atom is 0.349 e. The van der Waals surface area contributed by atoms with Crippen molar-refractivity contribution >= 4 is 29.6 Å². The third-order valence-corrected chi connectivity index (χ3v) is 4.32. The first-order chi connectivity index (χ1) is 14.7. The molecule has 0 saturated heterocycles. The summed E-state index contributed by atoms with van der Waals surface area (Å²) in [6.45, 7) is 3.72. The number of methoxy groups -OCH3 is 1. The lowest BCUT2D eigenvalue weighted by atomic mass is 10.1. The average molecular weight is 449 g/mol. The fraction of sp³-hybridized carbons (Fsp3) is 0.304. The summed E-state index contributed by atoms with van der Waals surface area (Å²) in [5.41, 5.74) is -0.486. The number of benzene rings is 2. The molecule has 0 bridgehead atoms. The van der Waals surface area contributed by atoms with E-state index in [9.17, 15) is 9.59 Å². The van der Waals surface area contributed by atoms with Gasteiger partial charge >= 0.3 is 11.9 Å². The van der Waals surface area contributed by atoms with Crippen molar-refractivity contribution in [3.63, 3.8) is 0 Å². The second-order valence-corrected chi connectivity index (χ2v) is 7.42. The van der Waals surface area contributed by atoms with Crippen molar-refractivity contribution in [3.8, 4) is 17.2 Å². The number of esters is 1. The van der Waals surface area contributed by atoms with Gasteiger partial charge in [-0.25, -0.2) is 9.59 Å². The van der Waals surface area contributed by atoms with Crippen molar-refractivity contribution in [2.75, 3.05) is 20.3 Å². The van der Waals surface area contributed by atoms with Crippen LogP contribution < -0.4 is 14.2 Å². The molecule has 0 heterocycles. The number of carbonyl (C=O) groups is 2. The van der Waals surface area contributed by atoms with Crippen LogP contribution in [0, 0.1) is 0 Å². The summed E-state index contributed by atoms with van der Waals surface area (Å²) in [6.07, 6.45) is 2.97. The molecule has 2 aromatic rings. The van der Waals surface area contributed by atoms with Gasteiger partial charge in [0, 0.05) is 17.5 Å². The molecule has 0 aliphatic heterocycles. The van der Waals surface area contributed by atoms with Gasteiger partial charge in [-0.2, -0.15) is 0 Å². The summed E-state index contributed by atoms with van der Waals surface area (Å²) in [6, 6.07) is 11.8. The van der Waals surface area contributed by atoms with Crippen LogP contribution in [0.2, 0.25) is 5.02 Å². The van der Waals surface area contributed by atoms with E-state index in [0.717, 1.165) is 6.08 Å². The zero-order valence-corrected chi connectivity index (χ0v) is 18.3. The lowest BCUT2D eigenvalue weighted by molar-refractivity contribution is -0.159. The Morgan fingerprint density at radius 1 is 1.06 bits per heavy atom. The molecule has 0 amide bonds. The fourth-order valence-electron chi connectivity index (χ4n) is 2.49. The predicted octanol–water partition coefficient (Wildman–Crippen LogP) is 4.62. The molecule has 0 saturated carbocycles. The van der Waals surface area contributed by atoms with E-state index in [1.54, 1.807) is 56.3 Å². The largest absolute Gasteiger partial charge is 0.493 e. The van der Waals surface area contributed by atoms with Gasteiger partial charge in [0.05, 0.1) is 20.3 Å². The van der Waals surface area contributed by atoms with E-state index >= 15 is 0 Å². The van der Waals surface area contributed by atoms with Crippen LogP contribution in [-0.2, 0) is 14.3 Å². The Balaban J connectivity index is 1.79. The minimum Gasteiger partial charge on any atom is -0.493 e. The smallest absolute Gasteiger partial charge is 0.349 e. The van der Waals surface area contributed by atoms with Crippen molar-refractivity contribution in [3.05, 3.63) is 59.1 Å². The highest BCUT2D eigenvalue weighted by atomic mass is 35.5. The zero-order valence-electron chi connectivity index (χ0n) is 17.6. The van der Waals surface area contributed by atoms with E-state index in [1.807, 2.05) is 0 Å². The Hall–Kier alpha value is -3.19. The van der Waals surface area contributed by atoms with Gasteiger partial charge in [-0.15, -0.1) is 0 Å². The molecule has 7 nitrogen and oxygen atoms in total. The standard InChI is InChI=1S/C23H25ClO7/c1-23(2,31-18-9-7-17(24)8-10-18)22(27)30-14-4-13-29-19-11-5-16(6-12-21(25)26)15-20(19)28-3/h5-12,15H,4,13-14H2,1-3H3,(H,25,26)/b12-6+. The van der Waals surface area contributed by atoms with Gasteiger partial charge in [-0.1, -0.05) is 17.7 Å². The van der Waals surface area contributed by atoms with E-state index < -0.39 is 17.5 Å². The monoisotopic (exact) mass is 448 g/mol. The maximum atomic E-state index is 12.3. The number of aliphatic carboxylic acids is 1. The van der Waals surface area contributed by atoms with Crippen LogP contribution >= 0.6 is 11.6 Å². The lowest BCUT2D eigenvalue weighted by Gasteiger charge is -2.24. The molecular formula is C23H25ClO7. The van der Waals surface area contributed by atoms with Crippen LogP contribution in [0.25, 0.3) is 6.08 Å². The first kappa shape index (κ1) is 24.1. The Morgan fingerprint density at radius 2 is 1.77 bits per heavy atom. The number of carbonyl (C=O) groups excluding carboxylic acids is 1. The van der Waals surface area contributed by atoms with Gasteiger partial charge in [-0.05, 0) is 61.9 Å². The molecule has 2 rings (SSSR count). The highest BCUT2D eigenvalue weighted by Crippen LogP contribution is 2.28. The van der Waals surface area contributed by atoms with E-state index in [-0.39, 0.29) is 6.61 Å². The first-order valence-corrected chi connectivity index (χ1v) is 9.93.